The molecular formula is C15H22N2O3. The SMILES string of the molecule is CCNc1ccc(C(=O)OCC)cc1NC(=O)C(C)C. The number of anilines is 2. The largest absolute Gasteiger partial charge is 0.462 e. The monoisotopic (exact) mass is 278 g/mol. The second-order valence-electron chi connectivity index (χ2n) is 4.66. The number of carbonyl (C=O) groups is 2. The Kier molecular flexibility index (Phi) is 6.03. The van der Waals surface area contributed by atoms with Crippen LogP contribution < -0.4 is 10.6 Å². The topological polar surface area (TPSA) is 67.4 Å². The van der Waals surface area contributed by atoms with Gasteiger partial charge in [-0.1, -0.05) is 13.8 Å². The molecule has 0 spiro atoms. The van der Waals surface area contributed by atoms with Crippen LogP contribution in [0.15, 0.2) is 18.2 Å². The van der Waals surface area contributed by atoms with Gasteiger partial charge in [0, 0.05) is 12.5 Å². The minimum atomic E-state index is -0.393. The molecule has 0 atom stereocenters. The van der Waals surface area contributed by atoms with Gasteiger partial charge in [-0.15, -0.1) is 0 Å². The van der Waals surface area contributed by atoms with E-state index in [0.717, 1.165) is 12.2 Å². The summed E-state index contributed by atoms with van der Waals surface area (Å²) in [6.45, 7) is 8.40. The van der Waals surface area contributed by atoms with E-state index >= 15 is 0 Å². The highest BCUT2D eigenvalue weighted by Gasteiger charge is 2.14. The van der Waals surface area contributed by atoms with Gasteiger partial charge in [-0.3, -0.25) is 4.79 Å². The van der Waals surface area contributed by atoms with Crippen LogP contribution >= 0.6 is 0 Å². The summed E-state index contributed by atoms with van der Waals surface area (Å²) in [6.07, 6.45) is 0. The predicted molar refractivity (Wildman–Crippen MR) is 80.0 cm³/mol. The van der Waals surface area contributed by atoms with Gasteiger partial charge >= 0.3 is 5.97 Å². The minimum absolute atomic E-state index is 0.0924. The van der Waals surface area contributed by atoms with Crippen LogP contribution in [0.25, 0.3) is 0 Å². The molecule has 0 radical (unpaired) electrons. The van der Waals surface area contributed by atoms with Crippen LogP contribution in [0.4, 0.5) is 11.4 Å². The van der Waals surface area contributed by atoms with Crippen LogP contribution in [0.2, 0.25) is 0 Å². The van der Waals surface area contributed by atoms with E-state index in [1.54, 1.807) is 25.1 Å². The van der Waals surface area contributed by atoms with Crippen molar-refractivity contribution in [1.29, 1.82) is 0 Å². The molecule has 0 saturated carbocycles. The molecule has 5 heteroatoms. The summed E-state index contributed by atoms with van der Waals surface area (Å²) in [5.74, 6) is -0.614. The van der Waals surface area contributed by atoms with Crippen LogP contribution in [0.5, 0.6) is 0 Å². The Labute approximate surface area is 119 Å². The molecule has 0 saturated heterocycles. The number of carbonyl (C=O) groups excluding carboxylic acids is 2. The maximum atomic E-state index is 11.8. The number of ether oxygens (including phenoxy) is 1. The zero-order valence-corrected chi connectivity index (χ0v) is 12.4. The first kappa shape index (κ1) is 16.0. The second-order valence-corrected chi connectivity index (χ2v) is 4.66. The fourth-order valence-electron chi connectivity index (χ4n) is 1.61. The van der Waals surface area contributed by atoms with Gasteiger partial charge in [0.05, 0.1) is 23.5 Å². The number of rotatable bonds is 6. The zero-order valence-electron chi connectivity index (χ0n) is 12.4. The van der Waals surface area contributed by atoms with Gasteiger partial charge in [0.15, 0.2) is 0 Å². The van der Waals surface area contributed by atoms with Gasteiger partial charge in [0.25, 0.3) is 0 Å². The lowest BCUT2D eigenvalue weighted by molar-refractivity contribution is -0.118. The lowest BCUT2D eigenvalue weighted by Crippen LogP contribution is -2.19. The van der Waals surface area contributed by atoms with Gasteiger partial charge in [-0.05, 0) is 32.0 Å². The molecule has 20 heavy (non-hydrogen) atoms. The molecular weight excluding hydrogens is 256 g/mol. The van der Waals surface area contributed by atoms with Crippen molar-refractivity contribution in [2.24, 2.45) is 5.92 Å². The number of hydrogen-bond donors (Lipinski definition) is 2. The lowest BCUT2D eigenvalue weighted by Gasteiger charge is -2.14. The fourth-order valence-corrected chi connectivity index (χ4v) is 1.61. The van der Waals surface area contributed by atoms with Gasteiger partial charge in [-0.25, -0.2) is 4.79 Å². The highest BCUT2D eigenvalue weighted by Crippen LogP contribution is 2.24. The Hall–Kier alpha value is -2.04. The van der Waals surface area contributed by atoms with Crippen molar-refractivity contribution in [2.45, 2.75) is 27.7 Å². The van der Waals surface area contributed by atoms with E-state index in [9.17, 15) is 9.59 Å². The molecule has 0 heterocycles. The quantitative estimate of drug-likeness (QED) is 0.785. The molecule has 0 aliphatic carbocycles. The predicted octanol–water partition coefficient (Wildman–Crippen LogP) is 2.89. The average Bonchev–Trinajstić information content (AvgIpc) is 2.41. The molecule has 1 aromatic carbocycles. The van der Waals surface area contributed by atoms with E-state index in [-0.39, 0.29) is 11.8 Å². The fraction of sp³-hybridized carbons (Fsp3) is 0.467. The van der Waals surface area contributed by atoms with E-state index in [1.807, 2.05) is 20.8 Å². The molecule has 1 rings (SSSR count). The first-order chi connectivity index (χ1) is 9.49. The first-order valence-corrected chi connectivity index (χ1v) is 6.85. The third-order valence-electron chi connectivity index (χ3n) is 2.68. The molecule has 0 aliphatic heterocycles. The molecule has 1 amide bonds. The highest BCUT2D eigenvalue weighted by atomic mass is 16.5. The van der Waals surface area contributed by atoms with Crippen LogP contribution in [-0.4, -0.2) is 25.0 Å². The second kappa shape index (κ2) is 7.53. The summed E-state index contributed by atoms with van der Waals surface area (Å²) in [4.78, 5) is 23.6. The van der Waals surface area contributed by atoms with Crippen molar-refractivity contribution in [3.8, 4) is 0 Å². The molecule has 0 bridgehead atoms. The van der Waals surface area contributed by atoms with E-state index in [4.69, 9.17) is 4.74 Å². The zero-order chi connectivity index (χ0) is 15.1. The Morgan fingerprint density at radius 2 is 1.90 bits per heavy atom. The van der Waals surface area contributed by atoms with Crippen LogP contribution in [0.1, 0.15) is 38.1 Å². The van der Waals surface area contributed by atoms with Gasteiger partial charge < -0.3 is 15.4 Å². The van der Waals surface area contributed by atoms with E-state index in [2.05, 4.69) is 10.6 Å². The molecule has 5 nitrogen and oxygen atoms in total. The average molecular weight is 278 g/mol. The van der Waals surface area contributed by atoms with Crippen molar-refractivity contribution in [2.75, 3.05) is 23.8 Å². The number of esters is 1. The number of nitrogens with one attached hydrogen (secondary N) is 2. The van der Waals surface area contributed by atoms with Gasteiger partial charge in [-0.2, -0.15) is 0 Å². The van der Waals surface area contributed by atoms with Gasteiger partial charge in [0.2, 0.25) is 5.91 Å². The van der Waals surface area contributed by atoms with E-state index in [1.165, 1.54) is 0 Å². The number of amides is 1. The highest BCUT2D eigenvalue weighted by molar-refractivity contribution is 5.98. The smallest absolute Gasteiger partial charge is 0.338 e. The molecule has 110 valence electrons. The van der Waals surface area contributed by atoms with E-state index in [0.29, 0.717) is 17.9 Å². The van der Waals surface area contributed by atoms with Crippen molar-refractivity contribution in [3.05, 3.63) is 23.8 Å². The van der Waals surface area contributed by atoms with Crippen LogP contribution in [-0.2, 0) is 9.53 Å². The third kappa shape index (κ3) is 4.26. The summed E-state index contributed by atoms with van der Waals surface area (Å²) in [5, 5.41) is 5.97. The molecule has 0 aromatic heterocycles. The molecule has 1 aromatic rings. The van der Waals surface area contributed by atoms with Crippen molar-refractivity contribution >= 4 is 23.3 Å². The summed E-state index contributed by atoms with van der Waals surface area (Å²) in [6, 6.07) is 5.09. The Balaban J connectivity index is 3.05. The lowest BCUT2D eigenvalue weighted by atomic mass is 10.1. The number of hydrogen-bond acceptors (Lipinski definition) is 4. The minimum Gasteiger partial charge on any atom is -0.462 e. The normalized spacial score (nSPS) is 10.2. The molecule has 0 fully saturated rings. The van der Waals surface area contributed by atoms with Crippen molar-refractivity contribution < 1.29 is 14.3 Å². The maximum absolute atomic E-state index is 11.8. The first-order valence-electron chi connectivity index (χ1n) is 6.85. The molecule has 0 aliphatic rings. The van der Waals surface area contributed by atoms with Gasteiger partial charge in [0.1, 0.15) is 0 Å². The summed E-state index contributed by atoms with van der Waals surface area (Å²) >= 11 is 0. The summed E-state index contributed by atoms with van der Waals surface area (Å²) < 4.78 is 4.96. The Bertz CT molecular complexity index is 484. The van der Waals surface area contributed by atoms with Crippen molar-refractivity contribution in [1.82, 2.24) is 0 Å². The van der Waals surface area contributed by atoms with Crippen molar-refractivity contribution in [3.63, 3.8) is 0 Å². The Morgan fingerprint density at radius 3 is 2.45 bits per heavy atom. The number of benzene rings is 1. The van der Waals surface area contributed by atoms with E-state index < -0.39 is 5.97 Å². The Morgan fingerprint density at radius 1 is 1.20 bits per heavy atom. The standard InChI is InChI=1S/C15H22N2O3/c1-5-16-12-8-7-11(15(19)20-6-2)9-13(12)17-14(18)10(3)4/h7-10,16H,5-6H2,1-4H3,(H,17,18). The third-order valence-corrected chi connectivity index (χ3v) is 2.68. The molecule has 2 N–H and O–H groups in total. The van der Waals surface area contributed by atoms with Crippen LogP contribution in [0, 0.1) is 5.92 Å². The maximum Gasteiger partial charge on any atom is 0.338 e. The summed E-state index contributed by atoms with van der Waals surface area (Å²) in [7, 11) is 0. The molecule has 0 unspecified atom stereocenters. The van der Waals surface area contributed by atoms with Crippen LogP contribution in [0.3, 0.4) is 0 Å². The summed E-state index contributed by atoms with van der Waals surface area (Å²) in [5.41, 5.74) is 1.80.